The molecule has 0 radical (unpaired) electrons. The molecule has 2 aromatic carbocycles. The van der Waals surface area contributed by atoms with Crippen LogP contribution in [0.15, 0.2) is 42.5 Å². The van der Waals surface area contributed by atoms with Crippen LogP contribution in [0.3, 0.4) is 0 Å². The molecule has 136 valence electrons. The predicted molar refractivity (Wildman–Crippen MR) is 103 cm³/mol. The smallest absolute Gasteiger partial charge is 0.338 e. The van der Waals surface area contributed by atoms with Gasteiger partial charge < -0.3 is 14.8 Å². The summed E-state index contributed by atoms with van der Waals surface area (Å²) in [5, 5.41) is 3.48. The van der Waals surface area contributed by atoms with Crippen molar-refractivity contribution in [1.82, 2.24) is 0 Å². The van der Waals surface area contributed by atoms with Crippen LogP contribution in [-0.4, -0.2) is 25.6 Å². The van der Waals surface area contributed by atoms with E-state index in [0.717, 1.165) is 0 Å². The molecule has 7 heteroatoms. The van der Waals surface area contributed by atoms with Crippen LogP contribution in [0.2, 0.25) is 10.0 Å². The van der Waals surface area contributed by atoms with Crippen molar-refractivity contribution in [2.24, 2.45) is 0 Å². The Kier molecular flexibility index (Phi) is 7.06. The first-order chi connectivity index (χ1) is 12.4. The first kappa shape index (κ1) is 19.8. The Balaban J connectivity index is 2.07. The molecule has 0 heterocycles. The molecule has 0 spiro atoms. The van der Waals surface area contributed by atoms with Gasteiger partial charge in [0.05, 0.1) is 24.3 Å². The Hall–Kier alpha value is -2.50. The second-order valence-corrected chi connectivity index (χ2v) is 5.97. The lowest BCUT2D eigenvalue weighted by atomic mass is 10.1. The summed E-state index contributed by atoms with van der Waals surface area (Å²) >= 11 is 12.0. The van der Waals surface area contributed by atoms with E-state index >= 15 is 0 Å². The van der Waals surface area contributed by atoms with Crippen LogP contribution in [0.25, 0.3) is 6.08 Å². The quantitative estimate of drug-likeness (QED) is 0.563. The highest BCUT2D eigenvalue weighted by Gasteiger charge is 2.09. The van der Waals surface area contributed by atoms with Crippen molar-refractivity contribution in [3.63, 3.8) is 0 Å². The number of carbonyl (C=O) groups is 2. The van der Waals surface area contributed by atoms with E-state index in [1.165, 1.54) is 13.2 Å². The normalized spacial score (nSPS) is 10.6. The Labute approximate surface area is 161 Å². The number of carbonyl (C=O) groups excluding carboxylic acids is 2. The predicted octanol–water partition coefficient (Wildman–Crippen LogP) is 4.83. The van der Waals surface area contributed by atoms with Crippen molar-refractivity contribution in [3.05, 3.63) is 63.6 Å². The third-order valence-electron chi connectivity index (χ3n) is 3.32. The van der Waals surface area contributed by atoms with Crippen molar-refractivity contribution in [2.45, 2.75) is 6.92 Å². The second kappa shape index (κ2) is 9.27. The summed E-state index contributed by atoms with van der Waals surface area (Å²) in [5.74, 6) is -0.332. The Morgan fingerprint density at radius 3 is 2.46 bits per heavy atom. The fourth-order valence-corrected chi connectivity index (χ4v) is 2.76. The van der Waals surface area contributed by atoms with E-state index in [9.17, 15) is 9.59 Å². The molecule has 1 N–H and O–H groups in total. The SMILES string of the molecule is CCOC(=O)c1ccc(NC(=O)C=Cc2cc(Cl)cc(Cl)c2OC)cc1. The van der Waals surface area contributed by atoms with E-state index in [-0.39, 0.29) is 5.91 Å². The van der Waals surface area contributed by atoms with Gasteiger partial charge in [-0.25, -0.2) is 4.79 Å². The van der Waals surface area contributed by atoms with Gasteiger partial charge >= 0.3 is 5.97 Å². The molecule has 5 nitrogen and oxygen atoms in total. The van der Waals surface area contributed by atoms with Crippen LogP contribution >= 0.6 is 23.2 Å². The molecule has 0 unspecified atom stereocenters. The number of esters is 1. The Morgan fingerprint density at radius 2 is 1.85 bits per heavy atom. The monoisotopic (exact) mass is 393 g/mol. The molecule has 0 atom stereocenters. The van der Waals surface area contributed by atoms with Crippen molar-refractivity contribution < 1.29 is 19.1 Å². The molecule has 0 fully saturated rings. The summed E-state index contributed by atoms with van der Waals surface area (Å²) in [6, 6.07) is 9.60. The lowest BCUT2D eigenvalue weighted by molar-refractivity contribution is -0.111. The van der Waals surface area contributed by atoms with Gasteiger partial charge in [0.2, 0.25) is 5.91 Å². The van der Waals surface area contributed by atoms with Crippen molar-refractivity contribution >= 4 is 46.8 Å². The van der Waals surface area contributed by atoms with Crippen LogP contribution in [0.4, 0.5) is 5.69 Å². The maximum Gasteiger partial charge on any atom is 0.338 e. The third-order valence-corrected chi connectivity index (χ3v) is 3.82. The van der Waals surface area contributed by atoms with Gasteiger partial charge in [-0.05, 0) is 49.4 Å². The largest absolute Gasteiger partial charge is 0.495 e. The summed E-state index contributed by atoms with van der Waals surface area (Å²) in [4.78, 5) is 23.7. The zero-order chi connectivity index (χ0) is 19.1. The lowest BCUT2D eigenvalue weighted by Crippen LogP contribution is -2.09. The Bertz CT molecular complexity index is 832. The summed E-state index contributed by atoms with van der Waals surface area (Å²) in [6.07, 6.45) is 2.89. The van der Waals surface area contributed by atoms with Gasteiger partial charge in [-0.15, -0.1) is 0 Å². The van der Waals surface area contributed by atoms with Crippen LogP contribution in [0.5, 0.6) is 5.75 Å². The van der Waals surface area contributed by atoms with Gasteiger partial charge in [-0.1, -0.05) is 23.2 Å². The minimum atomic E-state index is -0.407. The zero-order valence-corrected chi connectivity index (χ0v) is 15.7. The van der Waals surface area contributed by atoms with Crippen LogP contribution in [0, 0.1) is 0 Å². The number of ether oxygens (including phenoxy) is 2. The van der Waals surface area contributed by atoms with Gasteiger partial charge in [0.15, 0.2) is 0 Å². The van der Waals surface area contributed by atoms with E-state index in [0.29, 0.717) is 39.2 Å². The summed E-state index contributed by atoms with van der Waals surface area (Å²) in [5.41, 5.74) is 1.54. The summed E-state index contributed by atoms with van der Waals surface area (Å²) in [6.45, 7) is 2.04. The number of methoxy groups -OCH3 is 1. The average Bonchev–Trinajstić information content (AvgIpc) is 2.60. The third kappa shape index (κ3) is 5.25. The van der Waals surface area contributed by atoms with Crippen LogP contribution in [-0.2, 0) is 9.53 Å². The maximum absolute atomic E-state index is 12.1. The van der Waals surface area contributed by atoms with Crippen molar-refractivity contribution in [3.8, 4) is 5.75 Å². The molecule has 1 amide bonds. The number of anilines is 1. The van der Waals surface area contributed by atoms with Crippen LogP contribution in [0.1, 0.15) is 22.8 Å². The minimum Gasteiger partial charge on any atom is -0.495 e. The van der Waals surface area contributed by atoms with E-state index in [1.807, 2.05) is 0 Å². The molecule has 0 saturated heterocycles. The van der Waals surface area contributed by atoms with Gasteiger partial charge in [0.25, 0.3) is 0 Å². The highest BCUT2D eigenvalue weighted by molar-refractivity contribution is 6.36. The lowest BCUT2D eigenvalue weighted by Gasteiger charge is -2.08. The van der Waals surface area contributed by atoms with Gasteiger partial charge in [0.1, 0.15) is 5.75 Å². The first-order valence-electron chi connectivity index (χ1n) is 7.74. The number of nitrogens with one attached hydrogen (secondary N) is 1. The number of hydrogen-bond acceptors (Lipinski definition) is 4. The van der Waals surface area contributed by atoms with E-state index in [2.05, 4.69) is 5.32 Å². The summed E-state index contributed by atoms with van der Waals surface area (Å²) in [7, 11) is 1.48. The molecule has 0 saturated carbocycles. The van der Waals surface area contributed by atoms with Gasteiger partial charge in [-0.2, -0.15) is 0 Å². The number of amides is 1. The molecule has 0 aliphatic carbocycles. The average molecular weight is 394 g/mol. The number of rotatable bonds is 6. The van der Waals surface area contributed by atoms with Crippen molar-refractivity contribution in [1.29, 1.82) is 0 Å². The molecule has 2 rings (SSSR count). The van der Waals surface area contributed by atoms with E-state index < -0.39 is 5.97 Å². The van der Waals surface area contributed by atoms with Gasteiger partial charge in [0, 0.05) is 22.3 Å². The topological polar surface area (TPSA) is 64.6 Å². The van der Waals surface area contributed by atoms with E-state index in [1.54, 1.807) is 49.4 Å². The molecular weight excluding hydrogens is 377 g/mol. The molecule has 0 bridgehead atoms. The standard InChI is InChI=1S/C19H17Cl2NO4/c1-3-26-19(24)12-4-7-15(8-5-12)22-17(23)9-6-13-10-14(20)11-16(21)18(13)25-2/h4-11H,3H2,1-2H3,(H,22,23). The van der Waals surface area contributed by atoms with E-state index in [4.69, 9.17) is 32.7 Å². The zero-order valence-electron chi connectivity index (χ0n) is 14.2. The highest BCUT2D eigenvalue weighted by atomic mass is 35.5. The number of hydrogen-bond donors (Lipinski definition) is 1. The molecule has 26 heavy (non-hydrogen) atoms. The van der Waals surface area contributed by atoms with Crippen molar-refractivity contribution in [2.75, 3.05) is 19.0 Å². The highest BCUT2D eigenvalue weighted by Crippen LogP contribution is 2.32. The molecule has 0 aliphatic rings. The maximum atomic E-state index is 12.1. The fourth-order valence-electron chi connectivity index (χ4n) is 2.17. The molecule has 2 aromatic rings. The summed E-state index contributed by atoms with van der Waals surface area (Å²) < 4.78 is 10.1. The first-order valence-corrected chi connectivity index (χ1v) is 8.49. The van der Waals surface area contributed by atoms with Crippen LogP contribution < -0.4 is 10.1 Å². The second-order valence-electron chi connectivity index (χ2n) is 5.13. The Morgan fingerprint density at radius 1 is 1.15 bits per heavy atom. The minimum absolute atomic E-state index is 0.305. The van der Waals surface area contributed by atoms with Gasteiger partial charge in [-0.3, -0.25) is 4.79 Å². The fraction of sp³-hybridized carbons (Fsp3) is 0.158. The number of halogens is 2. The molecular formula is C19H17Cl2NO4. The molecule has 0 aliphatic heterocycles. The number of benzene rings is 2. The molecule has 0 aromatic heterocycles.